The van der Waals surface area contributed by atoms with Crippen LogP contribution in [0.25, 0.3) is 0 Å². The van der Waals surface area contributed by atoms with E-state index in [0.717, 1.165) is 38.3 Å². The Morgan fingerprint density at radius 2 is 2.11 bits per heavy atom. The van der Waals surface area contributed by atoms with Gasteiger partial charge in [0.15, 0.2) is 0 Å². The van der Waals surface area contributed by atoms with Crippen LogP contribution in [0, 0.1) is 18.7 Å². The summed E-state index contributed by atoms with van der Waals surface area (Å²) in [4.78, 5) is 12.1. The molecule has 2 heterocycles. The SMILES string of the molecule is Cc1ccc(S(=O)(=O)N2CCCC(CNC(=O)C3CCCN3)C2)cc1F.Cl. The number of carbonyl (C=O) groups excluding carboxylic acids is 1. The van der Waals surface area contributed by atoms with Crippen LogP contribution in [0.1, 0.15) is 31.2 Å². The number of hydrogen-bond donors (Lipinski definition) is 2. The molecular weight excluding hydrogens is 393 g/mol. The third kappa shape index (κ3) is 5.19. The molecule has 0 radical (unpaired) electrons. The van der Waals surface area contributed by atoms with E-state index < -0.39 is 15.8 Å². The van der Waals surface area contributed by atoms with Gasteiger partial charge in [0, 0.05) is 19.6 Å². The largest absolute Gasteiger partial charge is 0.354 e. The zero-order chi connectivity index (χ0) is 18.7. The summed E-state index contributed by atoms with van der Waals surface area (Å²) in [6.07, 6.45) is 3.44. The topological polar surface area (TPSA) is 78.5 Å². The van der Waals surface area contributed by atoms with E-state index in [1.807, 2.05) is 0 Å². The molecule has 6 nitrogen and oxygen atoms in total. The van der Waals surface area contributed by atoms with E-state index in [4.69, 9.17) is 0 Å². The second-order valence-electron chi connectivity index (χ2n) is 7.18. The first kappa shape index (κ1) is 22.1. The van der Waals surface area contributed by atoms with Gasteiger partial charge in [0.25, 0.3) is 0 Å². The number of nitrogens with zero attached hydrogens (tertiary/aromatic N) is 1. The summed E-state index contributed by atoms with van der Waals surface area (Å²) in [6.45, 7) is 3.69. The molecule has 1 amide bonds. The summed E-state index contributed by atoms with van der Waals surface area (Å²) in [5, 5.41) is 6.09. The fraction of sp³-hybridized carbons (Fsp3) is 0.611. The smallest absolute Gasteiger partial charge is 0.243 e. The number of benzene rings is 1. The Kier molecular flexibility index (Phi) is 7.62. The van der Waals surface area contributed by atoms with E-state index in [1.54, 1.807) is 6.92 Å². The molecule has 2 N–H and O–H groups in total. The third-order valence-electron chi connectivity index (χ3n) is 5.20. The van der Waals surface area contributed by atoms with Crippen molar-refractivity contribution in [3.63, 3.8) is 0 Å². The number of halogens is 2. The minimum absolute atomic E-state index is 0. The molecule has 0 aromatic heterocycles. The Balaban J connectivity index is 0.00000261. The quantitative estimate of drug-likeness (QED) is 0.763. The summed E-state index contributed by atoms with van der Waals surface area (Å²) in [7, 11) is -3.72. The van der Waals surface area contributed by atoms with Crippen molar-refractivity contribution in [2.24, 2.45) is 5.92 Å². The molecule has 152 valence electrons. The highest BCUT2D eigenvalue weighted by Gasteiger charge is 2.31. The molecule has 27 heavy (non-hydrogen) atoms. The average Bonchev–Trinajstić information content (AvgIpc) is 3.17. The van der Waals surface area contributed by atoms with Crippen LogP contribution in [-0.4, -0.2) is 50.9 Å². The van der Waals surface area contributed by atoms with Crippen LogP contribution in [-0.2, 0) is 14.8 Å². The maximum absolute atomic E-state index is 13.8. The molecule has 3 rings (SSSR count). The van der Waals surface area contributed by atoms with Gasteiger partial charge in [-0.3, -0.25) is 4.79 Å². The summed E-state index contributed by atoms with van der Waals surface area (Å²) in [6, 6.07) is 3.89. The third-order valence-corrected chi connectivity index (χ3v) is 7.07. The molecule has 2 fully saturated rings. The Hall–Kier alpha value is -1.22. The van der Waals surface area contributed by atoms with Crippen LogP contribution in [0.4, 0.5) is 4.39 Å². The number of sulfonamides is 1. The number of hydrogen-bond acceptors (Lipinski definition) is 4. The Morgan fingerprint density at radius 1 is 1.33 bits per heavy atom. The number of carbonyl (C=O) groups is 1. The molecule has 0 saturated carbocycles. The van der Waals surface area contributed by atoms with Gasteiger partial charge in [0.2, 0.25) is 15.9 Å². The van der Waals surface area contributed by atoms with Crippen molar-refractivity contribution in [1.29, 1.82) is 0 Å². The van der Waals surface area contributed by atoms with Crippen molar-refractivity contribution in [3.05, 3.63) is 29.6 Å². The second kappa shape index (κ2) is 9.32. The molecule has 0 aliphatic carbocycles. The lowest BCUT2D eigenvalue weighted by Crippen LogP contribution is -2.46. The molecule has 1 aromatic rings. The Labute approximate surface area is 166 Å². The normalized spacial score (nSPS) is 23.6. The molecule has 2 aliphatic heterocycles. The number of amides is 1. The van der Waals surface area contributed by atoms with Crippen molar-refractivity contribution in [2.75, 3.05) is 26.2 Å². The van der Waals surface area contributed by atoms with Gasteiger partial charge in [-0.15, -0.1) is 12.4 Å². The number of piperidine rings is 1. The monoisotopic (exact) mass is 419 g/mol. The summed E-state index contributed by atoms with van der Waals surface area (Å²) in [5.41, 5.74) is 0.420. The van der Waals surface area contributed by atoms with Crippen molar-refractivity contribution in [2.45, 2.75) is 43.5 Å². The van der Waals surface area contributed by atoms with Gasteiger partial charge >= 0.3 is 0 Å². The highest BCUT2D eigenvalue weighted by molar-refractivity contribution is 7.89. The lowest BCUT2D eigenvalue weighted by Gasteiger charge is -2.32. The molecule has 9 heteroatoms. The first-order chi connectivity index (χ1) is 12.4. The molecule has 1 aromatic carbocycles. The van der Waals surface area contributed by atoms with Gasteiger partial charge in [0.1, 0.15) is 5.82 Å². The molecule has 2 aliphatic rings. The van der Waals surface area contributed by atoms with E-state index in [1.165, 1.54) is 16.4 Å². The second-order valence-corrected chi connectivity index (χ2v) is 9.11. The number of nitrogens with one attached hydrogen (secondary N) is 2. The first-order valence-electron chi connectivity index (χ1n) is 9.15. The fourth-order valence-electron chi connectivity index (χ4n) is 3.57. The summed E-state index contributed by atoms with van der Waals surface area (Å²) >= 11 is 0. The zero-order valence-corrected chi connectivity index (χ0v) is 17.0. The van der Waals surface area contributed by atoms with E-state index >= 15 is 0 Å². The minimum atomic E-state index is -3.72. The molecule has 2 unspecified atom stereocenters. The highest BCUT2D eigenvalue weighted by Crippen LogP contribution is 2.24. The van der Waals surface area contributed by atoms with Crippen LogP contribution in [0.15, 0.2) is 23.1 Å². The molecule has 2 atom stereocenters. The van der Waals surface area contributed by atoms with Crippen LogP contribution >= 0.6 is 12.4 Å². The van der Waals surface area contributed by atoms with Gasteiger partial charge in [-0.1, -0.05) is 6.07 Å². The average molecular weight is 420 g/mol. The maximum Gasteiger partial charge on any atom is 0.243 e. The summed E-state index contributed by atoms with van der Waals surface area (Å²) in [5.74, 6) is -0.460. The Bertz CT molecular complexity index is 769. The van der Waals surface area contributed by atoms with E-state index in [0.29, 0.717) is 25.2 Å². The predicted octanol–water partition coefficient (Wildman–Crippen LogP) is 1.82. The first-order valence-corrected chi connectivity index (χ1v) is 10.6. The van der Waals surface area contributed by atoms with Gasteiger partial charge < -0.3 is 10.6 Å². The Morgan fingerprint density at radius 3 is 2.78 bits per heavy atom. The van der Waals surface area contributed by atoms with Crippen LogP contribution in [0.3, 0.4) is 0 Å². The van der Waals surface area contributed by atoms with Gasteiger partial charge in [-0.2, -0.15) is 4.31 Å². The van der Waals surface area contributed by atoms with Crippen LogP contribution in [0.5, 0.6) is 0 Å². The molecule has 0 bridgehead atoms. The van der Waals surface area contributed by atoms with Gasteiger partial charge in [0.05, 0.1) is 10.9 Å². The van der Waals surface area contributed by atoms with Crippen LogP contribution < -0.4 is 10.6 Å². The predicted molar refractivity (Wildman–Crippen MR) is 104 cm³/mol. The van der Waals surface area contributed by atoms with E-state index in [2.05, 4.69) is 10.6 Å². The zero-order valence-electron chi connectivity index (χ0n) is 15.4. The molecule has 2 saturated heterocycles. The fourth-order valence-corrected chi connectivity index (χ4v) is 5.14. The van der Waals surface area contributed by atoms with E-state index in [-0.39, 0.29) is 35.2 Å². The standard InChI is InChI=1S/C18H26FN3O3S.ClH/c1-13-6-7-15(10-16(13)19)26(24,25)22-9-3-4-14(12-22)11-21-18(23)17-5-2-8-20-17;/h6-7,10,14,17,20H,2-5,8-9,11-12H2,1H3,(H,21,23);1H. The minimum Gasteiger partial charge on any atom is -0.354 e. The number of rotatable bonds is 5. The van der Waals surface area contributed by atoms with Crippen molar-refractivity contribution >= 4 is 28.3 Å². The molecular formula is C18H27ClFN3O3S. The van der Waals surface area contributed by atoms with Crippen molar-refractivity contribution < 1.29 is 17.6 Å². The summed E-state index contributed by atoms with van der Waals surface area (Å²) < 4.78 is 40.8. The highest BCUT2D eigenvalue weighted by atomic mass is 35.5. The van der Waals surface area contributed by atoms with Crippen LogP contribution in [0.2, 0.25) is 0 Å². The lowest BCUT2D eigenvalue weighted by molar-refractivity contribution is -0.123. The van der Waals surface area contributed by atoms with Crippen molar-refractivity contribution in [1.82, 2.24) is 14.9 Å². The van der Waals surface area contributed by atoms with E-state index in [9.17, 15) is 17.6 Å². The molecule has 0 spiro atoms. The van der Waals surface area contributed by atoms with Gasteiger partial charge in [-0.25, -0.2) is 12.8 Å². The maximum atomic E-state index is 13.8. The van der Waals surface area contributed by atoms with Crippen molar-refractivity contribution in [3.8, 4) is 0 Å². The lowest BCUT2D eigenvalue weighted by atomic mass is 9.99. The van der Waals surface area contributed by atoms with Gasteiger partial charge in [-0.05, 0) is 62.8 Å². The number of aryl methyl sites for hydroxylation is 1.